The van der Waals surface area contributed by atoms with Gasteiger partial charge in [0.1, 0.15) is 0 Å². The summed E-state index contributed by atoms with van der Waals surface area (Å²) in [4.78, 5) is 27.6. The average molecular weight is 537 g/mol. The summed E-state index contributed by atoms with van der Waals surface area (Å²) in [7, 11) is -6.20. The molecule has 2 N–H and O–H groups in total. The summed E-state index contributed by atoms with van der Waals surface area (Å²) in [6.07, 6.45) is 0.888. The van der Waals surface area contributed by atoms with Gasteiger partial charge in [-0.3, -0.25) is 9.59 Å². The smallest absolute Gasteiger partial charge is 0.369 e. The maximum Gasteiger partial charge on any atom is 0.534 e. The van der Waals surface area contributed by atoms with Crippen LogP contribution in [0, 0.1) is 6.92 Å². The third kappa shape index (κ3) is 5.65. The predicted octanol–water partition coefficient (Wildman–Crippen LogP) is 4.73. The molecule has 0 aliphatic rings. The highest BCUT2D eigenvalue weighted by Gasteiger charge is 2.49. The molecular formula is C21H17Cl2F3N2O5S. The van der Waals surface area contributed by atoms with Crippen molar-refractivity contribution in [1.29, 1.82) is 0 Å². The van der Waals surface area contributed by atoms with Crippen molar-refractivity contribution in [2.45, 2.75) is 25.3 Å². The van der Waals surface area contributed by atoms with Crippen LogP contribution in [-0.4, -0.2) is 31.4 Å². The first-order valence-electron chi connectivity index (χ1n) is 9.69. The van der Waals surface area contributed by atoms with Crippen molar-refractivity contribution < 1.29 is 30.6 Å². The first kappa shape index (κ1) is 25.9. The molecule has 0 unspecified atom stereocenters. The molecule has 0 aliphatic heterocycles. The number of carbonyl (C=O) groups is 1. The van der Waals surface area contributed by atoms with Crippen LogP contribution in [0.1, 0.15) is 27.9 Å². The quantitative estimate of drug-likeness (QED) is 0.258. The highest BCUT2D eigenvalue weighted by atomic mass is 35.5. The SMILES string of the molecule is Cc1ccc2c(C(=O)NCCCc3ccc(Cl)c(Cl)c3)c(OS(=O)(=O)C(F)(F)F)c(=O)[nH]c2c1. The molecular weight excluding hydrogens is 520 g/mol. The third-order valence-electron chi connectivity index (χ3n) is 4.74. The summed E-state index contributed by atoms with van der Waals surface area (Å²) in [6.45, 7) is 1.75. The van der Waals surface area contributed by atoms with Crippen LogP contribution in [0.2, 0.25) is 10.0 Å². The number of rotatable bonds is 7. The third-order valence-corrected chi connectivity index (χ3v) is 6.43. The number of halogens is 5. The number of amides is 1. The van der Waals surface area contributed by atoms with E-state index in [0.29, 0.717) is 28.5 Å². The summed E-state index contributed by atoms with van der Waals surface area (Å²) in [6, 6.07) is 9.43. The molecule has 13 heteroatoms. The Bertz CT molecular complexity index is 1420. The van der Waals surface area contributed by atoms with Crippen LogP contribution in [0.3, 0.4) is 0 Å². The number of nitrogens with one attached hydrogen (secondary N) is 2. The van der Waals surface area contributed by atoms with Crippen LogP contribution in [0.4, 0.5) is 13.2 Å². The fourth-order valence-corrected chi connectivity index (χ4v) is 3.93. The van der Waals surface area contributed by atoms with Crippen LogP contribution in [0.15, 0.2) is 41.2 Å². The molecule has 1 heterocycles. The zero-order valence-corrected chi connectivity index (χ0v) is 19.8. The van der Waals surface area contributed by atoms with Crippen LogP contribution in [0.5, 0.6) is 5.75 Å². The molecule has 182 valence electrons. The first-order valence-corrected chi connectivity index (χ1v) is 11.9. The molecule has 0 radical (unpaired) electrons. The largest absolute Gasteiger partial charge is 0.534 e. The highest BCUT2D eigenvalue weighted by molar-refractivity contribution is 7.88. The van der Waals surface area contributed by atoms with Gasteiger partial charge in [-0.15, -0.1) is 0 Å². The number of hydrogen-bond acceptors (Lipinski definition) is 5. The molecule has 0 atom stereocenters. The number of alkyl halides is 3. The van der Waals surface area contributed by atoms with Gasteiger partial charge in [-0.1, -0.05) is 41.4 Å². The fourth-order valence-electron chi connectivity index (χ4n) is 3.13. The molecule has 0 saturated carbocycles. The van der Waals surface area contributed by atoms with Crippen LogP contribution in [0.25, 0.3) is 10.9 Å². The van der Waals surface area contributed by atoms with E-state index in [1.54, 1.807) is 31.2 Å². The van der Waals surface area contributed by atoms with Crippen LogP contribution in [-0.2, 0) is 16.5 Å². The van der Waals surface area contributed by atoms with Crippen molar-refractivity contribution in [3.63, 3.8) is 0 Å². The second-order valence-electron chi connectivity index (χ2n) is 7.30. The van der Waals surface area contributed by atoms with Crippen LogP contribution >= 0.6 is 23.2 Å². The number of benzene rings is 2. The maximum absolute atomic E-state index is 12.9. The number of fused-ring (bicyclic) bond motifs is 1. The van der Waals surface area contributed by atoms with Gasteiger partial charge in [-0.05, 0) is 49.1 Å². The minimum Gasteiger partial charge on any atom is -0.369 e. The van der Waals surface area contributed by atoms with Crippen molar-refractivity contribution in [2.24, 2.45) is 0 Å². The van der Waals surface area contributed by atoms with E-state index in [0.717, 1.165) is 5.56 Å². The molecule has 0 bridgehead atoms. The lowest BCUT2D eigenvalue weighted by Gasteiger charge is -2.15. The molecule has 0 aliphatic carbocycles. The van der Waals surface area contributed by atoms with Crippen molar-refractivity contribution in [2.75, 3.05) is 6.54 Å². The zero-order chi connectivity index (χ0) is 25.3. The van der Waals surface area contributed by atoms with Gasteiger partial charge < -0.3 is 14.5 Å². The van der Waals surface area contributed by atoms with Gasteiger partial charge in [0.25, 0.3) is 11.5 Å². The summed E-state index contributed by atoms with van der Waals surface area (Å²) in [5.41, 5.74) is -6.07. The Morgan fingerprint density at radius 2 is 1.82 bits per heavy atom. The lowest BCUT2D eigenvalue weighted by molar-refractivity contribution is -0.0500. The Kier molecular flexibility index (Phi) is 7.49. The summed E-state index contributed by atoms with van der Waals surface area (Å²) < 4.78 is 65.8. The lowest BCUT2D eigenvalue weighted by atomic mass is 10.1. The Labute approximate surface area is 202 Å². The van der Waals surface area contributed by atoms with Gasteiger partial charge in [0.2, 0.25) is 5.75 Å². The normalized spacial score (nSPS) is 12.1. The van der Waals surface area contributed by atoms with Gasteiger partial charge in [-0.2, -0.15) is 21.6 Å². The monoisotopic (exact) mass is 536 g/mol. The van der Waals surface area contributed by atoms with E-state index in [4.69, 9.17) is 23.2 Å². The van der Waals surface area contributed by atoms with Crippen molar-refractivity contribution in [1.82, 2.24) is 10.3 Å². The maximum atomic E-state index is 12.9. The Morgan fingerprint density at radius 1 is 1.12 bits per heavy atom. The summed E-state index contributed by atoms with van der Waals surface area (Å²) in [5, 5.41) is 3.25. The predicted molar refractivity (Wildman–Crippen MR) is 122 cm³/mol. The molecule has 34 heavy (non-hydrogen) atoms. The van der Waals surface area contributed by atoms with Crippen molar-refractivity contribution >= 4 is 50.1 Å². The van der Waals surface area contributed by atoms with Gasteiger partial charge in [0.15, 0.2) is 0 Å². The van der Waals surface area contributed by atoms with E-state index in [-0.39, 0.29) is 17.4 Å². The average Bonchev–Trinajstić information content (AvgIpc) is 2.73. The zero-order valence-electron chi connectivity index (χ0n) is 17.4. The molecule has 3 aromatic rings. The standard InChI is InChI=1S/C21H17Cl2F3N2O5S/c1-11-4-6-13-16(9-11)28-20(30)18(33-34(31,32)21(24,25)26)17(13)19(29)27-8-2-3-12-5-7-14(22)15(23)10-12/h4-7,9-10H,2-3,8H2,1H3,(H,27,29)(H,28,30). The van der Waals surface area contributed by atoms with Gasteiger partial charge in [0.05, 0.1) is 15.6 Å². The van der Waals surface area contributed by atoms with Gasteiger partial charge in [0, 0.05) is 17.4 Å². The van der Waals surface area contributed by atoms with Crippen LogP contribution < -0.4 is 15.1 Å². The summed E-state index contributed by atoms with van der Waals surface area (Å²) in [5.74, 6) is -2.24. The minimum absolute atomic E-state index is 0.0135. The Balaban J connectivity index is 1.91. The number of aromatic nitrogens is 1. The summed E-state index contributed by atoms with van der Waals surface area (Å²) >= 11 is 11.8. The van der Waals surface area contributed by atoms with E-state index in [2.05, 4.69) is 14.5 Å². The van der Waals surface area contributed by atoms with Gasteiger partial charge >= 0.3 is 15.6 Å². The molecule has 1 amide bonds. The number of aromatic amines is 1. The second kappa shape index (κ2) is 9.85. The number of H-pyrrole nitrogens is 1. The molecule has 0 spiro atoms. The number of hydrogen-bond donors (Lipinski definition) is 2. The topological polar surface area (TPSA) is 105 Å². The minimum atomic E-state index is -6.20. The van der Waals surface area contributed by atoms with E-state index in [1.165, 1.54) is 12.1 Å². The number of carbonyl (C=O) groups excluding carboxylic acids is 1. The van der Waals surface area contributed by atoms with Crippen molar-refractivity contribution in [3.05, 3.63) is 73.5 Å². The molecule has 0 saturated heterocycles. The van der Waals surface area contributed by atoms with E-state index >= 15 is 0 Å². The number of aryl methyl sites for hydroxylation is 2. The first-order chi connectivity index (χ1) is 15.8. The molecule has 0 fully saturated rings. The Hall–Kier alpha value is -2.76. The number of pyridine rings is 1. The highest BCUT2D eigenvalue weighted by Crippen LogP contribution is 2.30. The fraction of sp³-hybridized carbons (Fsp3) is 0.238. The molecule has 1 aromatic heterocycles. The molecule has 3 rings (SSSR count). The van der Waals surface area contributed by atoms with E-state index in [1.807, 2.05) is 0 Å². The van der Waals surface area contributed by atoms with E-state index < -0.39 is 38.4 Å². The molecule has 7 nitrogen and oxygen atoms in total. The molecule has 2 aromatic carbocycles. The Morgan fingerprint density at radius 3 is 2.47 bits per heavy atom. The second-order valence-corrected chi connectivity index (χ2v) is 9.65. The van der Waals surface area contributed by atoms with Gasteiger partial charge in [-0.25, -0.2) is 0 Å². The van der Waals surface area contributed by atoms with Crippen molar-refractivity contribution in [3.8, 4) is 5.75 Å². The lowest BCUT2D eigenvalue weighted by Crippen LogP contribution is -2.33. The van der Waals surface area contributed by atoms with E-state index in [9.17, 15) is 31.2 Å².